The highest BCUT2D eigenvalue weighted by molar-refractivity contribution is 6.11. The lowest BCUT2D eigenvalue weighted by Crippen LogP contribution is -2.27. The second kappa shape index (κ2) is 8.27. The monoisotopic (exact) mass is 340 g/mol. The Morgan fingerprint density at radius 2 is 2.00 bits per heavy atom. The van der Waals surface area contributed by atoms with E-state index in [1.807, 2.05) is 13.0 Å². The van der Waals surface area contributed by atoms with Gasteiger partial charge in [0.25, 0.3) is 5.56 Å². The predicted octanol–water partition coefficient (Wildman–Crippen LogP) is 2.39. The number of benzene rings is 1. The van der Waals surface area contributed by atoms with Crippen molar-refractivity contribution in [3.05, 3.63) is 62.9 Å². The maximum Gasteiger partial charge on any atom is 0.271 e. The summed E-state index contributed by atoms with van der Waals surface area (Å²) >= 11 is 0. The molecule has 1 heterocycles. The van der Waals surface area contributed by atoms with E-state index in [1.165, 1.54) is 6.92 Å². The van der Waals surface area contributed by atoms with E-state index in [-0.39, 0.29) is 23.2 Å². The van der Waals surface area contributed by atoms with Crippen molar-refractivity contribution in [3.8, 4) is 11.9 Å². The highest BCUT2D eigenvalue weighted by Gasteiger charge is 2.24. The number of rotatable bonds is 7. The fourth-order valence-corrected chi connectivity index (χ4v) is 2.63. The lowest BCUT2D eigenvalue weighted by Gasteiger charge is -2.15. The molecule has 0 saturated carbocycles. The van der Waals surface area contributed by atoms with Gasteiger partial charge in [0, 0.05) is 25.3 Å². The average Bonchev–Trinajstić information content (AvgIpc) is 2.62. The van der Waals surface area contributed by atoms with Gasteiger partial charge in [-0.05, 0) is 25.8 Å². The van der Waals surface area contributed by atoms with Gasteiger partial charge in [-0.25, -0.2) is 0 Å². The highest BCUT2D eigenvalue weighted by atomic mass is 16.5. The van der Waals surface area contributed by atoms with Crippen molar-refractivity contribution in [1.82, 2.24) is 4.57 Å². The first kappa shape index (κ1) is 18.4. The van der Waals surface area contributed by atoms with Crippen molar-refractivity contribution >= 4 is 5.78 Å². The smallest absolute Gasteiger partial charge is 0.271 e. The molecule has 130 valence electrons. The van der Waals surface area contributed by atoms with Crippen LogP contribution in [0, 0.1) is 18.3 Å². The molecule has 0 aliphatic rings. The van der Waals surface area contributed by atoms with Gasteiger partial charge in [0.05, 0.1) is 5.56 Å². The Labute approximate surface area is 145 Å². The quantitative estimate of drug-likeness (QED) is 0.617. The molecule has 2 rings (SSSR count). The van der Waals surface area contributed by atoms with Crippen LogP contribution < -0.4 is 5.56 Å². The standard InChI is InChI=1S/C19H20N2O4/c1-3-25-11-7-10-21-18(23)15(12-20)13(2)16(19(21)24)17(22)14-8-5-4-6-9-14/h4-6,8-9,24H,3,7,10-11H2,1-2H3. The first-order chi connectivity index (χ1) is 12.0. The zero-order valence-electron chi connectivity index (χ0n) is 14.3. The van der Waals surface area contributed by atoms with Crippen molar-refractivity contribution in [3.63, 3.8) is 0 Å². The summed E-state index contributed by atoms with van der Waals surface area (Å²) in [5, 5.41) is 19.9. The van der Waals surface area contributed by atoms with E-state index in [4.69, 9.17) is 4.74 Å². The number of nitriles is 1. The van der Waals surface area contributed by atoms with Crippen molar-refractivity contribution in [2.75, 3.05) is 13.2 Å². The van der Waals surface area contributed by atoms with Crippen LogP contribution in [0.4, 0.5) is 0 Å². The number of carbonyl (C=O) groups excluding carboxylic acids is 1. The zero-order valence-corrected chi connectivity index (χ0v) is 14.3. The predicted molar refractivity (Wildman–Crippen MR) is 92.8 cm³/mol. The molecule has 0 fully saturated rings. The zero-order chi connectivity index (χ0) is 18.4. The third-order valence-electron chi connectivity index (χ3n) is 3.94. The molecule has 0 radical (unpaired) electrons. The molecule has 0 amide bonds. The average molecular weight is 340 g/mol. The van der Waals surface area contributed by atoms with Gasteiger partial charge in [-0.2, -0.15) is 5.26 Å². The lowest BCUT2D eigenvalue weighted by molar-refractivity contribution is 0.103. The van der Waals surface area contributed by atoms with E-state index in [1.54, 1.807) is 30.3 Å². The molecule has 25 heavy (non-hydrogen) atoms. The molecule has 2 aromatic rings. The lowest BCUT2D eigenvalue weighted by atomic mass is 9.97. The number of aromatic nitrogens is 1. The normalized spacial score (nSPS) is 10.4. The SMILES string of the molecule is CCOCCCn1c(O)c(C(=O)c2ccccc2)c(C)c(C#N)c1=O. The van der Waals surface area contributed by atoms with Gasteiger partial charge in [0.2, 0.25) is 5.88 Å². The largest absolute Gasteiger partial charge is 0.494 e. The van der Waals surface area contributed by atoms with E-state index in [0.29, 0.717) is 25.2 Å². The molecule has 0 bridgehead atoms. The first-order valence-electron chi connectivity index (χ1n) is 8.06. The molecular weight excluding hydrogens is 320 g/mol. The van der Waals surface area contributed by atoms with Crippen molar-refractivity contribution in [2.24, 2.45) is 0 Å². The summed E-state index contributed by atoms with van der Waals surface area (Å²) in [4.78, 5) is 25.2. The Morgan fingerprint density at radius 3 is 2.60 bits per heavy atom. The molecule has 6 heteroatoms. The summed E-state index contributed by atoms with van der Waals surface area (Å²) in [6.07, 6.45) is 0.480. The van der Waals surface area contributed by atoms with Crippen molar-refractivity contribution in [2.45, 2.75) is 26.8 Å². The minimum Gasteiger partial charge on any atom is -0.494 e. The van der Waals surface area contributed by atoms with Gasteiger partial charge in [-0.1, -0.05) is 30.3 Å². The van der Waals surface area contributed by atoms with Crippen molar-refractivity contribution < 1.29 is 14.6 Å². The molecule has 0 saturated heterocycles. The van der Waals surface area contributed by atoms with E-state index in [0.717, 1.165) is 4.57 Å². The summed E-state index contributed by atoms with van der Waals surface area (Å²) in [7, 11) is 0. The van der Waals surface area contributed by atoms with E-state index in [9.17, 15) is 20.0 Å². The van der Waals surface area contributed by atoms with Gasteiger partial charge in [0.1, 0.15) is 11.6 Å². The minimum atomic E-state index is -0.599. The molecule has 1 aromatic heterocycles. The summed E-state index contributed by atoms with van der Waals surface area (Å²) in [6.45, 7) is 4.49. The maximum atomic E-state index is 12.8. The first-order valence-corrected chi connectivity index (χ1v) is 8.06. The Hall–Kier alpha value is -2.91. The van der Waals surface area contributed by atoms with Gasteiger partial charge in [0.15, 0.2) is 5.78 Å². The molecule has 0 spiro atoms. The second-order valence-corrected chi connectivity index (χ2v) is 5.51. The number of aromatic hydroxyl groups is 1. The van der Waals surface area contributed by atoms with Crippen LogP contribution in [0.25, 0.3) is 0 Å². The van der Waals surface area contributed by atoms with Crippen LogP contribution in [0.1, 0.15) is 40.4 Å². The van der Waals surface area contributed by atoms with Gasteiger partial charge < -0.3 is 9.84 Å². The number of ether oxygens (including phenoxy) is 1. The molecule has 1 N–H and O–H groups in total. The van der Waals surface area contributed by atoms with Crippen LogP contribution in [0.3, 0.4) is 0 Å². The van der Waals surface area contributed by atoms with E-state index >= 15 is 0 Å². The van der Waals surface area contributed by atoms with Gasteiger partial charge >= 0.3 is 0 Å². The van der Waals surface area contributed by atoms with Crippen LogP contribution >= 0.6 is 0 Å². The maximum absolute atomic E-state index is 12.8. The van der Waals surface area contributed by atoms with Gasteiger partial charge in [-0.15, -0.1) is 0 Å². The summed E-state index contributed by atoms with van der Waals surface area (Å²) in [6, 6.07) is 10.3. The second-order valence-electron chi connectivity index (χ2n) is 5.51. The number of pyridine rings is 1. The molecule has 1 aromatic carbocycles. The molecule has 0 atom stereocenters. The Kier molecular flexibility index (Phi) is 6.09. The number of hydrogen-bond acceptors (Lipinski definition) is 5. The highest BCUT2D eigenvalue weighted by Crippen LogP contribution is 2.25. The molecular formula is C19H20N2O4. The minimum absolute atomic E-state index is 0.0150. The number of nitrogens with zero attached hydrogens (tertiary/aromatic N) is 2. The molecule has 6 nitrogen and oxygen atoms in total. The van der Waals surface area contributed by atoms with Crippen LogP contribution in [-0.2, 0) is 11.3 Å². The number of carbonyl (C=O) groups is 1. The Bertz CT molecular complexity index is 864. The Balaban J connectivity index is 2.54. The topological polar surface area (TPSA) is 92.3 Å². The summed E-state index contributed by atoms with van der Waals surface area (Å²) < 4.78 is 6.30. The molecule has 0 unspecified atom stereocenters. The third-order valence-corrected chi connectivity index (χ3v) is 3.94. The summed E-state index contributed by atoms with van der Waals surface area (Å²) in [5.74, 6) is -0.836. The van der Waals surface area contributed by atoms with E-state index in [2.05, 4.69) is 0 Å². The van der Waals surface area contributed by atoms with Crippen LogP contribution in [0.2, 0.25) is 0 Å². The number of ketones is 1. The fraction of sp³-hybridized carbons (Fsp3) is 0.316. The molecule has 0 aliphatic carbocycles. The summed E-state index contributed by atoms with van der Waals surface area (Å²) in [5.41, 5.74) is -0.171. The van der Waals surface area contributed by atoms with Crippen LogP contribution in [0.15, 0.2) is 35.1 Å². The van der Waals surface area contributed by atoms with Crippen molar-refractivity contribution in [1.29, 1.82) is 5.26 Å². The Morgan fingerprint density at radius 1 is 1.32 bits per heavy atom. The van der Waals surface area contributed by atoms with E-state index < -0.39 is 17.2 Å². The fourth-order valence-electron chi connectivity index (χ4n) is 2.63. The number of hydrogen-bond donors (Lipinski definition) is 1. The van der Waals surface area contributed by atoms with Crippen LogP contribution in [0.5, 0.6) is 5.88 Å². The van der Waals surface area contributed by atoms with Crippen LogP contribution in [-0.4, -0.2) is 28.7 Å². The third kappa shape index (κ3) is 3.78. The molecule has 0 aliphatic heterocycles. The van der Waals surface area contributed by atoms with Gasteiger partial charge in [-0.3, -0.25) is 14.2 Å².